The molecule has 0 saturated heterocycles. The average molecular weight is 783 g/mol. The number of aromatic nitrogens is 1. The van der Waals surface area contributed by atoms with E-state index in [1.54, 1.807) is 18.3 Å². The Labute approximate surface area is 313 Å². The molecule has 0 aliphatic heterocycles. The first kappa shape index (κ1) is 40.3. The minimum atomic E-state index is -3.98. The molecule has 2 saturated carbocycles. The lowest BCUT2D eigenvalue weighted by Crippen LogP contribution is -2.53. The smallest absolute Gasteiger partial charge is 0.254 e. The van der Waals surface area contributed by atoms with E-state index in [-0.39, 0.29) is 25.8 Å². The van der Waals surface area contributed by atoms with Gasteiger partial charge in [0.15, 0.2) is 6.10 Å². The summed E-state index contributed by atoms with van der Waals surface area (Å²) in [4.78, 5) is 18.4. The van der Waals surface area contributed by atoms with Crippen LogP contribution in [0.2, 0.25) is 10.0 Å². The van der Waals surface area contributed by atoms with Gasteiger partial charge in [-0.3, -0.25) is 9.78 Å². The lowest BCUT2D eigenvalue weighted by Gasteiger charge is -2.30. The molecule has 0 bridgehead atoms. The molecular weight excluding hydrogens is 737 g/mol. The van der Waals surface area contributed by atoms with Gasteiger partial charge in [-0.05, 0) is 85.9 Å². The van der Waals surface area contributed by atoms with E-state index in [4.69, 9.17) is 42.9 Å². The summed E-state index contributed by atoms with van der Waals surface area (Å²) in [6.07, 6.45) is 0.716. The highest BCUT2D eigenvalue weighted by molar-refractivity contribution is 7.89. The standard InChI is InChI=1S/C36H45Cl2N3O10S/c37-28-18-23(21-50-36(11-12-36)27-19-40-13-10-25(27)26-6-1-2-7-31(26)51-24-8-9-24)29(38)17-22(28)5-3-4-14-41(15-16-52(39,48)49)35(47)34(46)33(45)32(44)30(43)20-42/h1-2,6-7,10,13,17-19,24,30,32-34,42-46H,3-5,8-9,11-12,14-16,20-21H2,(H2,39,48,49). The van der Waals surface area contributed by atoms with Crippen LogP contribution in [0, 0.1) is 0 Å². The highest BCUT2D eigenvalue weighted by atomic mass is 35.5. The van der Waals surface area contributed by atoms with Crippen molar-refractivity contribution >= 4 is 39.1 Å². The van der Waals surface area contributed by atoms with Gasteiger partial charge >= 0.3 is 0 Å². The predicted octanol–water partition coefficient (Wildman–Crippen LogP) is 2.68. The molecule has 52 heavy (non-hydrogen) atoms. The Kier molecular flexibility index (Phi) is 13.6. The molecule has 5 rings (SSSR count). The number of carbonyl (C=O) groups is 1. The van der Waals surface area contributed by atoms with Gasteiger partial charge in [-0.2, -0.15) is 0 Å². The largest absolute Gasteiger partial charge is 0.490 e. The summed E-state index contributed by atoms with van der Waals surface area (Å²) in [6, 6.07) is 13.5. The van der Waals surface area contributed by atoms with Crippen LogP contribution in [-0.4, -0.2) is 106 Å². The number of hydrogen-bond acceptors (Lipinski definition) is 11. The van der Waals surface area contributed by atoms with Crippen molar-refractivity contribution in [2.75, 3.05) is 25.4 Å². The summed E-state index contributed by atoms with van der Waals surface area (Å²) in [6.45, 7) is -1.12. The molecule has 2 aliphatic carbocycles. The fourth-order valence-corrected chi connectivity index (χ4v) is 6.94. The van der Waals surface area contributed by atoms with E-state index in [1.165, 1.54) is 0 Å². The topological polar surface area (TPSA) is 213 Å². The highest BCUT2D eigenvalue weighted by Gasteiger charge is 2.48. The van der Waals surface area contributed by atoms with Crippen LogP contribution >= 0.6 is 23.2 Å². The highest BCUT2D eigenvalue weighted by Crippen LogP contribution is 2.53. The Morgan fingerprint density at radius 2 is 1.67 bits per heavy atom. The molecule has 4 unspecified atom stereocenters. The zero-order valence-electron chi connectivity index (χ0n) is 28.5. The monoisotopic (exact) mass is 781 g/mol. The van der Waals surface area contributed by atoms with Crippen molar-refractivity contribution in [1.29, 1.82) is 0 Å². The van der Waals surface area contributed by atoms with Crippen molar-refractivity contribution in [3.05, 3.63) is 81.6 Å². The second-order valence-electron chi connectivity index (χ2n) is 13.4. The summed E-state index contributed by atoms with van der Waals surface area (Å²) in [5.74, 6) is -0.846. The molecule has 0 radical (unpaired) electrons. The molecule has 0 spiro atoms. The number of ether oxygens (including phenoxy) is 2. The Balaban J connectivity index is 1.20. The first-order chi connectivity index (χ1) is 24.7. The fourth-order valence-electron chi connectivity index (χ4n) is 5.95. The number of carbonyl (C=O) groups excluding carboxylic acids is 1. The van der Waals surface area contributed by atoms with Crippen molar-refractivity contribution in [3.8, 4) is 16.9 Å². The number of nitrogens with zero attached hydrogens (tertiary/aromatic N) is 2. The summed E-state index contributed by atoms with van der Waals surface area (Å²) in [7, 11) is -3.98. The van der Waals surface area contributed by atoms with Crippen LogP contribution in [0.25, 0.3) is 11.1 Å². The first-order valence-electron chi connectivity index (χ1n) is 17.2. The van der Waals surface area contributed by atoms with E-state index in [1.807, 2.05) is 36.5 Å². The predicted molar refractivity (Wildman–Crippen MR) is 194 cm³/mol. The molecule has 1 amide bonds. The fraction of sp³-hybridized carbons (Fsp3) is 0.500. The minimum absolute atomic E-state index is 0.0242. The number of unbranched alkanes of at least 4 members (excludes halogenated alkanes) is 1. The first-order valence-corrected chi connectivity index (χ1v) is 19.6. The summed E-state index contributed by atoms with van der Waals surface area (Å²) < 4.78 is 35.9. The number of pyridine rings is 1. The van der Waals surface area contributed by atoms with Gasteiger partial charge < -0.3 is 39.9 Å². The summed E-state index contributed by atoms with van der Waals surface area (Å²) >= 11 is 13.4. The van der Waals surface area contributed by atoms with E-state index in [2.05, 4.69) is 4.98 Å². The number of benzene rings is 2. The van der Waals surface area contributed by atoms with Gasteiger partial charge in [0, 0.05) is 46.7 Å². The molecule has 284 valence electrons. The molecule has 1 heterocycles. The molecule has 7 N–H and O–H groups in total. The molecule has 2 aliphatic rings. The molecule has 4 atom stereocenters. The maximum absolute atomic E-state index is 13.0. The van der Waals surface area contributed by atoms with Crippen molar-refractivity contribution in [1.82, 2.24) is 9.88 Å². The van der Waals surface area contributed by atoms with Gasteiger partial charge in [0.1, 0.15) is 24.1 Å². The lowest BCUT2D eigenvalue weighted by atomic mass is 9.96. The number of aliphatic hydroxyl groups excluding tert-OH is 5. The number of halogens is 2. The average Bonchev–Trinajstić information content (AvgIpc) is 4.08. The van der Waals surface area contributed by atoms with Crippen LogP contribution in [0.1, 0.15) is 55.2 Å². The molecule has 16 heteroatoms. The quantitative estimate of drug-likeness (QED) is 0.0918. The Hall–Kier alpha value is -2.89. The van der Waals surface area contributed by atoms with E-state index in [0.29, 0.717) is 34.9 Å². The maximum atomic E-state index is 13.0. The third-order valence-electron chi connectivity index (χ3n) is 9.32. The van der Waals surface area contributed by atoms with Gasteiger partial charge in [-0.25, -0.2) is 13.6 Å². The van der Waals surface area contributed by atoms with Gasteiger partial charge in [0.05, 0.1) is 30.7 Å². The normalized spacial score (nSPS) is 17.6. The number of para-hydroxylation sites is 1. The number of aliphatic hydroxyl groups is 5. The molecule has 13 nitrogen and oxygen atoms in total. The minimum Gasteiger partial charge on any atom is -0.490 e. The van der Waals surface area contributed by atoms with Crippen LogP contribution in [0.15, 0.2) is 54.9 Å². The number of amides is 1. The zero-order valence-corrected chi connectivity index (χ0v) is 30.8. The lowest BCUT2D eigenvalue weighted by molar-refractivity contribution is -0.158. The van der Waals surface area contributed by atoms with Crippen LogP contribution in [0.5, 0.6) is 5.75 Å². The Morgan fingerprint density at radius 1 is 0.981 bits per heavy atom. The van der Waals surface area contributed by atoms with Crippen LogP contribution in [-0.2, 0) is 38.2 Å². The molecule has 3 aromatic rings. The van der Waals surface area contributed by atoms with E-state index >= 15 is 0 Å². The third kappa shape index (κ3) is 10.4. The number of primary sulfonamides is 1. The van der Waals surface area contributed by atoms with Crippen molar-refractivity contribution in [2.45, 2.75) is 87.7 Å². The zero-order chi connectivity index (χ0) is 37.6. The molecule has 2 aromatic carbocycles. The van der Waals surface area contributed by atoms with Crippen LogP contribution in [0.3, 0.4) is 0 Å². The van der Waals surface area contributed by atoms with Gasteiger partial charge in [0.25, 0.3) is 5.91 Å². The van der Waals surface area contributed by atoms with Crippen molar-refractivity contribution in [3.63, 3.8) is 0 Å². The summed E-state index contributed by atoms with van der Waals surface area (Å²) in [5, 5.41) is 55.1. The number of sulfonamides is 1. The van der Waals surface area contributed by atoms with Crippen molar-refractivity contribution < 1.29 is 48.2 Å². The second kappa shape index (κ2) is 17.5. The number of nitrogens with two attached hydrogens (primary N) is 1. The summed E-state index contributed by atoms with van der Waals surface area (Å²) in [5.41, 5.74) is 3.92. The van der Waals surface area contributed by atoms with Gasteiger partial charge in [-0.1, -0.05) is 41.4 Å². The van der Waals surface area contributed by atoms with Crippen LogP contribution < -0.4 is 9.88 Å². The number of rotatable bonds is 20. The Morgan fingerprint density at radius 3 is 2.35 bits per heavy atom. The SMILES string of the molecule is NS(=O)(=O)CCN(CCCCc1cc(Cl)c(COC2(c3cnccc3-c3ccccc3OC3CC3)CC2)cc1Cl)C(=O)C(O)C(O)C(O)C(O)CO. The second-order valence-corrected chi connectivity index (χ2v) is 15.9. The number of aryl methyl sites for hydroxylation is 1. The van der Waals surface area contributed by atoms with Gasteiger partial charge in [-0.15, -0.1) is 0 Å². The molecule has 2 fully saturated rings. The molecular formula is C36H45Cl2N3O10S. The van der Waals surface area contributed by atoms with Crippen molar-refractivity contribution in [2.24, 2.45) is 5.14 Å². The third-order valence-corrected chi connectivity index (χ3v) is 10.8. The van der Waals surface area contributed by atoms with E-state index < -0.39 is 58.3 Å². The Bertz CT molecular complexity index is 1810. The van der Waals surface area contributed by atoms with Crippen LogP contribution in [0.4, 0.5) is 0 Å². The maximum Gasteiger partial charge on any atom is 0.254 e. The van der Waals surface area contributed by atoms with E-state index in [0.717, 1.165) is 58.6 Å². The van der Waals surface area contributed by atoms with Gasteiger partial charge in [0.2, 0.25) is 10.0 Å². The number of hydrogen-bond donors (Lipinski definition) is 6. The molecule has 1 aromatic heterocycles. The van der Waals surface area contributed by atoms with E-state index in [9.17, 15) is 33.6 Å².